The van der Waals surface area contributed by atoms with Crippen LogP contribution < -0.4 is 0 Å². The Morgan fingerprint density at radius 1 is 1.32 bits per heavy atom. The van der Waals surface area contributed by atoms with E-state index in [2.05, 4.69) is 15.2 Å². The molecule has 1 fully saturated rings. The second-order valence-electron chi connectivity index (χ2n) is 6.76. The lowest BCUT2D eigenvalue weighted by Gasteiger charge is -2.24. The van der Waals surface area contributed by atoms with Gasteiger partial charge >= 0.3 is 0 Å². The summed E-state index contributed by atoms with van der Waals surface area (Å²) in [5.74, 6) is 0.0275. The van der Waals surface area contributed by atoms with Crippen molar-refractivity contribution >= 4 is 11.6 Å². The zero-order chi connectivity index (χ0) is 17.6. The van der Waals surface area contributed by atoms with Crippen molar-refractivity contribution in [1.29, 1.82) is 0 Å². The first-order valence-electron chi connectivity index (χ1n) is 8.66. The van der Waals surface area contributed by atoms with Crippen LogP contribution in [-0.2, 0) is 6.54 Å². The van der Waals surface area contributed by atoms with Gasteiger partial charge in [-0.25, -0.2) is 9.50 Å². The fourth-order valence-corrected chi connectivity index (χ4v) is 3.74. The van der Waals surface area contributed by atoms with E-state index in [4.69, 9.17) is 0 Å². The number of carbonyl (C=O) groups excluding carboxylic acids is 1. The molecule has 7 nitrogen and oxygen atoms in total. The molecule has 1 amide bonds. The molecule has 4 rings (SSSR count). The number of aromatic nitrogens is 5. The van der Waals surface area contributed by atoms with Gasteiger partial charge in [-0.3, -0.25) is 9.48 Å². The van der Waals surface area contributed by atoms with Crippen LogP contribution in [0, 0.1) is 20.8 Å². The summed E-state index contributed by atoms with van der Waals surface area (Å²) in [5, 5.41) is 8.81. The average Bonchev–Trinajstić information content (AvgIpc) is 3.27. The van der Waals surface area contributed by atoms with E-state index in [9.17, 15) is 4.79 Å². The standard InChI is InChI=1S/C18H22N6O/c1-12-10-13(2)24-17(20-12)16(14(3)21-24)18(25)23-9-4-6-15(23)11-22-8-5-7-19-22/h5,7-8,10,15H,4,6,9,11H2,1-3H3/t15-/m1/s1. The second-order valence-corrected chi connectivity index (χ2v) is 6.76. The van der Waals surface area contributed by atoms with Crippen LogP contribution in [0.2, 0.25) is 0 Å². The van der Waals surface area contributed by atoms with E-state index in [1.807, 2.05) is 48.7 Å². The number of likely N-dealkylation sites (tertiary alicyclic amines) is 1. The molecule has 7 heteroatoms. The molecule has 0 aliphatic carbocycles. The molecule has 1 atom stereocenters. The summed E-state index contributed by atoms with van der Waals surface area (Å²) in [4.78, 5) is 19.9. The van der Waals surface area contributed by atoms with Gasteiger partial charge in [-0.15, -0.1) is 0 Å². The zero-order valence-electron chi connectivity index (χ0n) is 14.8. The minimum Gasteiger partial charge on any atom is -0.334 e. The number of nitrogens with zero attached hydrogens (tertiary/aromatic N) is 6. The highest BCUT2D eigenvalue weighted by Crippen LogP contribution is 2.25. The number of rotatable bonds is 3. The molecule has 25 heavy (non-hydrogen) atoms. The van der Waals surface area contributed by atoms with Crippen LogP contribution >= 0.6 is 0 Å². The lowest BCUT2D eigenvalue weighted by Crippen LogP contribution is -2.38. The molecule has 4 heterocycles. The minimum absolute atomic E-state index is 0.0275. The number of amides is 1. The molecule has 0 bridgehead atoms. The van der Waals surface area contributed by atoms with Crippen LogP contribution in [0.15, 0.2) is 24.5 Å². The molecule has 0 saturated carbocycles. The molecule has 0 N–H and O–H groups in total. The summed E-state index contributed by atoms with van der Waals surface area (Å²) in [6, 6.07) is 4.04. The van der Waals surface area contributed by atoms with Crippen molar-refractivity contribution in [3.63, 3.8) is 0 Å². The van der Waals surface area contributed by atoms with Crippen molar-refractivity contribution in [2.24, 2.45) is 0 Å². The van der Waals surface area contributed by atoms with E-state index >= 15 is 0 Å². The summed E-state index contributed by atoms with van der Waals surface area (Å²) in [6.45, 7) is 7.31. The smallest absolute Gasteiger partial charge is 0.259 e. The predicted molar refractivity (Wildman–Crippen MR) is 93.5 cm³/mol. The molecule has 0 spiro atoms. The number of carbonyl (C=O) groups is 1. The van der Waals surface area contributed by atoms with Gasteiger partial charge in [0.15, 0.2) is 5.65 Å². The molecule has 1 aliphatic heterocycles. The quantitative estimate of drug-likeness (QED) is 0.734. The summed E-state index contributed by atoms with van der Waals surface area (Å²) in [7, 11) is 0. The van der Waals surface area contributed by atoms with Gasteiger partial charge in [0.2, 0.25) is 0 Å². The molecule has 1 saturated heterocycles. The van der Waals surface area contributed by atoms with Crippen LogP contribution in [0.4, 0.5) is 0 Å². The summed E-state index contributed by atoms with van der Waals surface area (Å²) in [5.41, 5.74) is 3.90. The third-order valence-electron chi connectivity index (χ3n) is 4.88. The normalized spacial score (nSPS) is 17.6. The topological polar surface area (TPSA) is 68.3 Å². The lowest BCUT2D eigenvalue weighted by atomic mass is 10.1. The Hall–Kier alpha value is -2.70. The summed E-state index contributed by atoms with van der Waals surface area (Å²) < 4.78 is 3.67. The first-order chi connectivity index (χ1) is 12.0. The Morgan fingerprint density at radius 2 is 2.16 bits per heavy atom. The van der Waals surface area contributed by atoms with E-state index in [0.29, 0.717) is 11.2 Å². The number of fused-ring (bicyclic) bond motifs is 1. The molecule has 1 aliphatic rings. The van der Waals surface area contributed by atoms with E-state index < -0.39 is 0 Å². The van der Waals surface area contributed by atoms with E-state index in [1.165, 1.54) is 0 Å². The molecular formula is C18H22N6O. The van der Waals surface area contributed by atoms with Crippen molar-refractivity contribution in [2.75, 3.05) is 6.54 Å². The Balaban J connectivity index is 1.70. The Kier molecular flexibility index (Phi) is 3.78. The van der Waals surface area contributed by atoms with Crippen LogP contribution in [0.1, 0.15) is 40.3 Å². The highest BCUT2D eigenvalue weighted by molar-refractivity contribution is 6.01. The van der Waals surface area contributed by atoms with Gasteiger partial charge < -0.3 is 4.90 Å². The van der Waals surface area contributed by atoms with Crippen LogP contribution in [0.25, 0.3) is 5.65 Å². The van der Waals surface area contributed by atoms with Crippen molar-refractivity contribution < 1.29 is 4.79 Å². The second kappa shape index (κ2) is 5.98. The SMILES string of the molecule is Cc1cc(C)n2nc(C)c(C(=O)N3CCC[C@@H]3Cn3cccn3)c2n1. The fraction of sp³-hybridized carbons (Fsp3) is 0.444. The molecule has 3 aromatic rings. The molecule has 130 valence electrons. The van der Waals surface area contributed by atoms with Gasteiger partial charge in [-0.1, -0.05) is 0 Å². The Labute approximate surface area is 146 Å². The van der Waals surface area contributed by atoms with Crippen molar-refractivity contribution in [3.8, 4) is 0 Å². The van der Waals surface area contributed by atoms with Crippen LogP contribution in [0.5, 0.6) is 0 Å². The average molecular weight is 338 g/mol. The van der Waals surface area contributed by atoms with Gasteiger partial charge in [0.1, 0.15) is 5.56 Å². The predicted octanol–water partition coefficient (Wildman–Crippen LogP) is 2.16. The van der Waals surface area contributed by atoms with Crippen molar-refractivity contribution in [3.05, 3.63) is 47.2 Å². The zero-order valence-corrected chi connectivity index (χ0v) is 14.8. The lowest BCUT2D eigenvalue weighted by molar-refractivity contribution is 0.0722. The maximum Gasteiger partial charge on any atom is 0.259 e. The fourth-order valence-electron chi connectivity index (χ4n) is 3.74. The Bertz CT molecular complexity index is 927. The molecule has 0 aromatic carbocycles. The number of hydrogen-bond acceptors (Lipinski definition) is 4. The summed E-state index contributed by atoms with van der Waals surface area (Å²) in [6.07, 6.45) is 5.72. The highest BCUT2D eigenvalue weighted by Gasteiger charge is 2.33. The largest absolute Gasteiger partial charge is 0.334 e. The molecular weight excluding hydrogens is 316 g/mol. The van der Waals surface area contributed by atoms with Gasteiger partial charge in [-0.2, -0.15) is 10.2 Å². The number of aryl methyl sites for hydroxylation is 3. The van der Waals surface area contributed by atoms with E-state index in [0.717, 1.165) is 43.0 Å². The molecule has 0 radical (unpaired) electrons. The van der Waals surface area contributed by atoms with Gasteiger partial charge in [0.25, 0.3) is 5.91 Å². The maximum absolute atomic E-state index is 13.3. The van der Waals surface area contributed by atoms with Crippen molar-refractivity contribution in [1.82, 2.24) is 29.3 Å². The molecule has 0 unspecified atom stereocenters. The van der Waals surface area contributed by atoms with E-state index in [1.54, 1.807) is 10.7 Å². The number of hydrogen-bond donors (Lipinski definition) is 0. The van der Waals surface area contributed by atoms with Gasteiger partial charge in [-0.05, 0) is 45.7 Å². The monoisotopic (exact) mass is 338 g/mol. The first-order valence-corrected chi connectivity index (χ1v) is 8.66. The Morgan fingerprint density at radius 3 is 2.92 bits per heavy atom. The third-order valence-corrected chi connectivity index (χ3v) is 4.88. The maximum atomic E-state index is 13.3. The highest BCUT2D eigenvalue weighted by atomic mass is 16.2. The summed E-state index contributed by atoms with van der Waals surface area (Å²) >= 11 is 0. The van der Waals surface area contributed by atoms with Crippen molar-refractivity contribution in [2.45, 2.75) is 46.2 Å². The van der Waals surface area contributed by atoms with Crippen LogP contribution in [-0.4, -0.2) is 47.8 Å². The minimum atomic E-state index is 0.0275. The van der Waals surface area contributed by atoms with Gasteiger partial charge in [0.05, 0.1) is 18.3 Å². The van der Waals surface area contributed by atoms with Crippen LogP contribution in [0.3, 0.4) is 0 Å². The third kappa shape index (κ3) is 2.69. The van der Waals surface area contributed by atoms with Gasteiger partial charge in [0, 0.05) is 30.3 Å². The van der Waals surface area contributed by atoms with E-state index in [-0.39, 0.29) is 11.9 Å². The first kappa shape index (κ1) is 15.8. The molecule has 3 aromatic heterocycles.